The topological polar surface area (TPSA) is 78.2 Å². The van der Waals surface area contributed by atoms with Gasteiger partial charge in [-0.25, -0.2) is 0 Å². The van der Waals surface area contributed by atoms with Gasteiger partial charge in [-0.15, -0.1) is 6.58 Å². The van der Waals surface area contributed by atoms with Gasteiger partial charge < -0.3 is 11.8 Å². The van der Waals surface area contributed by atoms with Gasteiger partial charge in [-0.1, -0.05) is 6.08 Å². The summed E-state index contributed by atoms with van der Waals surface area (Å²) in [5, 5.41) is 6.25. The van der Waals surface area contributed by atoms with Gasteiger partial charge in [-0.2, -0.15) is 8.42 Å². The molecule has 10 heavy (non-hydrogen) atoms. The summed E-state index contributed by atoms with van der Waals surface area (Å²) in [6, 6.07) is 0. The van der Waals surface area contributed by atoms with E-state index >= 15 is 0 Å². The molecule has 0 saturated carbocycles. The molecule has 0 bridgehead atoms. The second kappa shape index (κ2) is 8.74. The van der Waals surface area contributed by atoms with Crippen LogP contribution in [-0.2, 0) is 10.1 Å². The van der Waals surface area contributed by atoms with Crippen LogP contribution in [0.25, 0.3) is 0 Å². The molecule has 6 heteroatoms. The van der Waals surface area contributed by atoms with Crippen molar-refractivity contribution in [1.29, 1.82) is 5.26 Å². The van der Waals surface area contributed by atoms with E-state index in [9.17, 15) is 8.42 Å². The predicted molar refractivity (Wildman–Crippen MR) is 31.6 cm³/mol. The minimum Gasteiger partial charge on any atom is -0.512 e. The monoisotopic (exact) mass is 155 g/mol. The molecule has 0 heterocycles. The third-order valence-electron chi connectivity index (χ3n) is 0.328. The Labute approximate surface area is 72.5 Å². The van der Waals surface area contributed by atoms with Gasteiger partial charge in [-0.05, 0) is 0 Å². The van der Waals surface area contributed by atoms with Crippen molar-refractivity contribution < 1.29 is 31.8 Å². The van der Waals surface area contributed by atoms with Crippen LogP contribution in [0.1, 0.15) is 0 Å². The van der Waals surface area contributed by atoms with Gasteiger partial charge in [0.2, 0.25) is 0 Å². The largest absolute Gasteiger partial charge is 1.00 e. The van der Waals surface area contributed by atoms with E-state index in [1.165, 1.54) is 0 Å². The Morgan fingerprint density at radius 2 is 1.90 bits per heavy atom. The average molecular weight is 155 g/mol. The van der Waals surface area contributed by atoms with E-state index in [4.69, 9.17) is 16.4 Å². The van der Waals surface area contributed by atoms with Crippen molar-refractivity contribution in [1.82, 2.24) is 0 Å². The van der Waals surface area contributed by atoms with Gasteiger partial charge >= 0.3 is 18.9 Å². The fourth-order valence-electron chi connectivity index (χ4n) is 0.149. The van der Waals surface area contributed by atoms with E-state index in [2.05, 4.69) is 6.58 Å². The van der Waals surface area contributed by atoms with E-state index < -0.39 is 10.1 Å². The SMILES string of the molecule is C=CCS(=O)(=O)O.[C-]#N.[Li+]. The summed E-state index contributed by atoms with van der Waals surface area (Å²) in [7, 11) is -3.79. The molecule has 0 aliphatic carbocycles. The number of nitrogens with zero attached hydrogens (tertiary/aromatic N) is 1. The van der Waals surface area contributed by atoms with E-state index in [1.54, 1.807) is 0 Å². The summed E-state index contributed by atoms with van der Waals surface area (Å²) in [6.45, 7) is 7.86. The van der Waals surface area contributed by atoms with Crippen LogP contribution >= 0.6 is 0 Å². The van der Waals surface area contributed by atoms with Crippen LogP contribution in [0.4, 0.5) is 0 Å². The van der Waals surface area contributed by atoms with E-state index in [-0.39, 0.29) is 24.6 Å². The fourth-order valence-corrected chi connectivity index (χ4v) is 0.447. The summed E-state index contributed by atoms with van der Waals surface area (Å²) >= 11 is 0. The maximum atomic E-state index is 9.72. The standard InChI is InChI=1S/C3H6O3S.CN.Li/c1-2-3-7(4,5)6;1-2;/h2H,1,3H2,(H,4,5,6);;/q;-1;+1. The molecule has 0 saturated heterocycles. The van der Waals surface area contributed by atoms with E-state index in [0.29, 0.717) is 0 Å². The molecule has 0 aromatic rings. The van der Waals surface area contributed by atoms with E-state index in [1.807, 2.05) is 0 Å². The molecular weight excluding hydrogens is 149 g/mol. The fraction of sp³-hybridized carbons (Fsp3) is 0.250. The molecule has 0 atom stereocenters. The molecule has 0 unspecified atom stereocenters. The zero-order valence-electron chi connectivity index (χ0n) is 5.61. The minimum atomic E-state index is -3.79. The van der Waals surface area contributed by atoms with Crippen LogP contribution in [0.2, 0.25) is 0 Å². The first kappa shape index (κ1) is 16.4. The van der Waals surface area contributed by atoms with Gasteiger partial charge in [0.15, 0.2) is 0 Å². The second-order valence-corrected chi connectivity index (χ2v) is 2.53. The Morgan fingerprint density at radius 3 is 1.90 bits per heavy atom. The second-order valence-electron chi connectivity index (χ2n) is 1.04. The smallest absolute Gasteiger partial charge is 0.512 e. The first-order valence-electron chi connectivity index (χ1n) is 1.84. The number of hydrogen-bond donors (Lipinski definition) is 1. The van der Waals surface area contributed by atoms with Crippen LogP contribution in [-0.4, -0.2) is 18.7 Å². The predicted octanol–water partition coefficient (Wildman–Crippen LogP) is -2.84. The summed E-state index contributed by atoms with van der Waals surface area (Å²) in [5.74, 6) is -0.368. The molecule has 0 aromatic heterocycles. The Kier molecular flexibility index (Phi) is 14.3. The van der Waals surface area contributed by atoms with Crippen LogP contribution in [0.5, 0.6) is 0 Å². The minimum absolute atomic E-state index is 0. The van der Waals surface area contributed by atoms with Crippen LogP contribution < -0.4 is 18.9 Å². The Hall–Kier alpha value is -0.263. The Balaban J connectivity index is -0.000000149. The summed E-state index contributed by atoms with van der Waals surface area (Å²) in [5.41, 5.74) is 0. The molecule has 0 rings (SSSR count). The molecule has 0 radical (unpaired) electrons. The van der Waals surface area contributed by atoms with Gasteiger partial charge in [-0.3, -0.25) is 4.55 Å². The normalized spacial score (nSPS) is 7.90. The van der Waals surface area contributed by atoms with Gasteiger partial charge in [0.1, 0.15) is 0 Å². The zero-order valence-corrected chi connectivity index (χ0v) is 6.43. The van der Waals surface area contributed by atoms with Gasteiger partial charge in [0.05, 0.1) is 5.75 Å². The average Bonchev–Trinajstić information content (AvgIpc) is 1.69. The van der Waals surface area contributed by atoms with Crippen molar-refractivity contribution in [3.05, 3.63) is 19.2 Å². The first-order chi connectivity index (χ1) is 4.06. The zero-order chi connectivity index (χ0) is 7.91. The van der Waals surface area contributed by atoms with Crippen LogP contribution in [0, 0.1) is 11.8 Å². The molecule has 0 aromatic carbocycles. The third-order valence-corrected chi connectivity index (χ3v) is 0.985. The van der Waals surface area contributed by atoms with E-state index in [0.717, 1.165) is 6.08 Å². The molecule has 1 N–H and O–H groups in total. The third kappa shape index (κ3) is 25.1. The molecule has 0 aliphatic rings. The number of rotatable bonds is 2. The maximum absolute atomic E-state index is 9.72. The number of hydrogen-bond acceptors (Lipinski definition) is 3. The Morgan fingerprint density at radius 1 is 1.60 bits per heavy atom. The maximum Gasteiger partial charge on any atom is 1.00 e. The van der Waals surface area contributed by atoms with Crippen molar-refractivity contribution in [3.8, 4) is 0 Å². The summed E-state index contributed by atoms with van der Waals surface area (Å²) in [6.07, 6.45) is 1.12. The molecule has 0 spiro atoms. The molecule has 0 amide bonds. The quantitative estimate of drug-likeness (QED) is 0.202. The molecular formula is C4H6LiNO3S. The molecule has 52 valence electrons. The van der Waals surface area contributed by atoms with Crippen molar-refractivity contribution in [2.75, 3.05) is 5.75 Å². The van der Waals surface area contributed by atoms with Gasteiger partial charge in [0, 0.05) is 0 Å². The molecule has 0 aliphatic heterocycles. The van der Waals surface area contributed by atoms with Crippen LogP contribution in [0.3, 0.4) is 0 Å². The van der Waals surface area contributed by atoms with Crippen molar-refractivity contribution in [2.24, 2.45) is 0 Å². The van der Waals surface area contributed by atoms with Crippen LogP contribution in [0.15, 0.2) is 12.7 Å². The molecule has 0 fully saturated rings. The van der Waals surface area contributed by atoms with Gasteiger partial charge in [0.25, 0.3) is 10.1 Å². The summed E-state index contributed by atoms with van der Waals surface area (Å²) < 4.78 is 27.3. The Bertz CT molecular complexity index is 184. The summed E-state index contributed by atoms with van der Waals surface area (Å²) in [4.78, 5) is 0. The van der Waals surface area contributed by atoms with Crippen molar-refractivity contribution in [2.45, 2.75) is 0 Å². The van der Waals surface area contributed by atoms with Crippen molar-refractivity contribution in [3.63, 3.8) is 0 Å². The van der Waals surface area contributed by atoms with Crippen molar-refractivity contribution >= 4 is 10.1 Å². The molecule has 4 nitrogen and oxygen atoms in total. The first-order valence-corrected chi connectivity index (χ1v) is 3.45.